The van der Waals surface area contributed by atoms with Crippen LogP contribution in [0, 0.1) is 13.8 Å². The first-order chi connectivity index (χ1) is 12.7. The average Bonchev–Trinajstić information content (AvgIpc) is 2.87. The zero-order chi connectivity index (χ0) is 20.2. The lowest BCUT2D eigenvalue weighted by Gasteiger charge is -2.17. The van der Waals surface area contributed by atoms with Crippen LogP contribution in [0.2, 0.25) is 0 Å². The molecule has 0 bridgehead atoms. The fourth-order valence-electron chi connectivity index (χ4n) is 2.74. The standard InChI is InChI=1S/C18H28N6O2S/c1-13-16(14(2)24(6)22-13)12-21-18(19-3)20-11-15-9-7-8-10-17(15)27(25,26)23(4)5/h7-10H,11-12H2,1-6H3,(H2,19,20,21). The van der Waals surface area contributed by atoms with Crippen molar-refractivity contribution in [2.24, 2.45) is 12.0 Å². The highest BCUT2D eigenvalue weighted by Crippen LogP contribution is 2.18. The SMILES string of the molecule is CN=C(NCc1ccccc1S(=O)(=O)N(C)C)NCc1c(C)nn(C)c1C. The van der Waals surface area contributed by atoms with Gasteiger partial charge >= 0.3 is 0 Å². The van der Waals surface area contributed by atoms with Gasteiger partial charge in [-0.05, 0) is 25.5 Å². The van der Waals surface area contributed by atoms with E-state index >= 15 is 0 Å². The maximum Gasteiger partial charge on any atom is 0.242 e. The Morgan fingerprint density at radius 2 is 1.81 bits per heavy atom. The van der Waals surface area contributed by atoms with E-state index in [1.165, 1.54) is 18.4 Å². The molecule has 8 nitrogen and oxygen atoms in total. The third kappa shape index (κ3) is 4.67. The molecule has 2 N–H and O–H groups in total. The lowest BCUT2D eigenvalue weighted by atomic mass is 10.2. The van der Waals surface area contributed by atoms with Crippen molar-refractivity contribution >= 4 is 16.0 Å². The highest BCUT2D eigenvalue weighted by atomic mass is 32.2. The minimum Gasteiger partial charge on any atom is -0.352 e. The number of nitrogens with one attached hydrogen (secondary N) is 2. The fourth-order valence-corrected chi connectivity index (χ4v) is 3.86. The van der Waals surface area contributed by atoms with Crippen LogP contribution in [0.1, 0.15) is 22.5 Å². The smallest absolute Gasteiger partial charge is 0.242 e. The zero-order valence-electron chi connectivity index (χ0n) is 16.7. The van der Waals surface area contributed by atoms with Crippen molar-refractivity contribution in [1.29, 1.82) is 0 Å². The van der Waals surface area contributed by atoms with Crippen molar-refractivity contribution in [2.45, 2.75) is 31.8 Å². The summed E-state index contributed by atoms with van der Waals surface area (Å²) in [4.78, 5) is 4.51. The van der Waals surface area contributed by atoms with Gasteiger partial charge < -0.3 is 10.6 Å². The molecule has 1 heterocycles. The molecule has 0 amide bonds. The topological polar surface area (TPSA) is 91.6 Å². The number of aryl methyl sites for hydroxylation is 2. The van der Waals surface area contributed by atoms with E-state index in [-0.39, 0.29) is 4.90 Å². The molecule has 0 fully saturated rings. The van der Waals surface area contributed by atoms with E-state index in [2.05, 4.69) is 20.7 Å². The highest BCUT2D eigenvalue weighted by molar-refractivity contribution is 7.89. The molecule has 9 heteroatoms. The third-order valence-corrected chi connectivity index (χ3v) is 6.41. The Morgan fingerprint density at radius 1 is 1.19 bits per heavy atom. The number of hydrogen-bond acceptors (Lipinski definition) is 4. The second-order valence-corrected chi connectivity index (χ2v) is 8.57. The lowest BCUT2D eigenvalue weighted by molar-refractivity contribution is 0.519. The first-order valence-electron chi connectivity index (χ1n) is 8.62. The molecule has 0 aliphatic heterocycles. The van der Waals surface area contributed by atoms with E-state index in [9.17, 15) is 8.42 Å². The van der Waals surface area contributed by atoms with Gasteiger partial charge in [0.2, 0.25) is 10.0 Å². The van der Waals surface area contributed by atoms with E-state index in [1.54, 1.807) is 25.2 Å². The Hall–Kier alpha value is -2.39. The van der Waals surface area contributed by atoms with Crippen LogP contribution < -0.4 is 10.6 Å². The van der Waals surface area contributed by atoms with Crippen molar-refractivity contribution in [3.8, 4) is 0 Å². The Balaban J connectivity index is 2.09. The summed E-state index contributed by atoms with van der Waals surface area (Å²) in [6.45, 7) is 4.93. The molecule has 0 atom stereocenters. The summed E-state index contributed by atoms with van der Waals surface area (Å²) in [5.74, 6) is 0.592. The third-order valence-electron chi connectivity index (χ3n) is 4.49. The second-order valence-electron chi connectivity index (χ2n) is 6.45. The van der Waals surface area contributed by atoms with Crippen LogP contribution in [-0.4, -0.2) is 49.6 Å². The van der Waals surface area contributed by atoms with Gasteiger partial charge in [0, 0.05) is 52.5 Å². The summed E-state index contributed by atoms with van der Waals surface area (Å²) in [5.41, 5.74) is 3.87. The maximum atomic E-state index is 12.5. The summed E-state index contributed by atoms with van der Waals surface area (Å²) in [7, 11) is 3.15. The molecular formula is C18H28N6O2S. The molecule has 27 heavy (non-hydrogen) atoms. The van der Waals surface area contributed by atoms with Gasteiger partial charge in [-0.2, -0.15) is 5.10 Å². The Kier molecular flexibility index (Phi) is 6.61. The minimum absolute atomic E-state index is 0.289. The number of aromatic nitrogens is 2. The molecular weight excluding hydrogens is 364 g/mol. The maximum absolute atomic E-state index is 12.5. The van der Waals surface area contributed by atoms with Crippen LogP contribution in [0.4, 0.5) is 0 Å². The van der Waals surface area contributed by atoms with Gasteiger partial charge in [-0.3, -0.25) is 9.67 Å². The Morgan fingerprint density at radius 3 is 2.37 bits per heavy atom. The van der Waals surface area contributed by atoms with Crippen LogP contribution >= 0.6 is 0 Å². The number of rotatable bonds is 6. The highest BCUT2D eigenvalue weighted by Gasteiger charge is 2.20. The molecule has 0 saturated carbocycles. The number of nitrogens with zero attached hydrogens (tertiary/aromatic N) is 4. The summed E-state index contributed by atoms with van der Waals surface area (Å²) in [6.07, 6.45) is 0. The molecule has 0 unspecified atom stereocenters. The summed E-state index contributed by atoms with van der Waals surface area (Å²) >= 11 is 0. The molecule has 1 aromatic carbocycles. The van der Waals surface area contributed by atoms with Crippen molar-refractivity contribution < 1.29 is 8.42 Å². The largest absolute Gasteiger partial charge is 0.352 e. The van der Waals surface area contributed by atoms with E-state index in [0.29, 0.717) is 24.6 Å². The van der Waals surface area contributed by atoms with Gasteiger partial charge in [0.25, 0.3) is 0 Å². The quantitative estimate of drug-likeness (QED) is 0.568. The normalized spacial score (nSPS) is 12.5. The molecule has 0 saturated heterocycles. The fraction of sp³-hybridized carbons (Fsp3) is 0.444. The Labute approximate surface area is 161 Å². The minimum atomic E-state index is -3.50. The number of hydrogen-bond donors (Lipinski definition) is 2. The van der Waals surface area contributed by atoms with Crippen LogP contribution in [0.5, 0.6) is 0 Å². The van der Waals surface area contributed by atoms with Gasteiger partial charge in [-0.1, -0.05) is 18.2 Å². The van der Waals surface area contributed by atoms with Crippen LogP contribution in [0.3, 0.4) is 0 Å². The summed E-state index contributed by atoms with van der Waals surface area (Å²) in [5, 5.41) is 10.8. The lowest BCUT2D eigenvalue weighted by Crippen LogP contribution is -2.37. The number of guanidine groups is 1. The van der Waals surface area contributed by atoms with Crippen LogP contribution in [-0.2, 0) is 30.2 Å². The molecule has 0 radical (unpaired) electrons. The molecule has 148 valence electrons. The number of benzene rings is 1. The number of aliphatic imine (C=N–C) groups is 1. The van der Waals surface area contributed by atoms with Gasteiger partial charge in [0.1, 0.15) is 0 Å². The van der Waals surface area contributed by atoms with Crippen molar-refractivity contribution in [3.05, 3.63) is 46.8 Å². The molecule has 1 aromatic heterocycles. The van der Waals surface area contributed by atoms with E-state index in [1.807, 2.05) is 31.6 Å². The van der Waals surface area contributed by atoms with E-state index in [4.69, 9.17) is 0 Å². The van der Waals surface area contributed by atoms with E-state index < -0.39 is 10.0 Å². The molecule has 2 aromatic rings. The average molecular weight is 393 g/mol. The zero-order valence-corrected chi connectivity index (χ0v) is 17.6. The molecule has 2 rings (SSSR count). The summed E-state index contributed by atoms with van der Waals surface area (Å²) < 4.78 is 28.1. The predicted molar refractivity (Wildman–Crippen MR) is 107 cm³/mol. The molecule has 0 aliphatic carbocycles. The van der Waals surface area contributed by atoms with Gasteiger partial charge in [0.05, 0.1) is 10.6 Å². The first kappa shape index (κ1) is 20.9. The van der Waals surface area contributed by atoms with Crippen molar-refractivity contribution in [1.82, 2.24) is 24.7 Å². The summed E-state index contributed by atoms with van der Waals surface area (Å²) in [6, 6.07) is 6.96. The predicted octanol–water partition coefficient (Wildman–Crippen LogP) is 1.15. The van der Waals surface area contributed by atoms with Gasteiger partial charge in [-0.25, -0.2) is 12.7 Å². The van der Waals surface area contributed by atoms with Gasteiger partial charge in [-0.15, -0.1) is 0 Å². The van der Waals surface area contributed by atoms with E-state index in [0.717, 1.165) is 17.0 Å². The molecule has 0 spiro atoms. The van der Waals surface area contributed by atoms with Gasteiger partial charge in [0.15, 0.2) is 5.96 Å². The monoisotopic (exact) mass is 392 g/mol. The van der Waals surface area contributed by atoms with Crippen LogP contribution in [0.15, 0.2) is 34.2 Å². The second kappa shape index (κ2) is 8.53. The Bertz CT molecular complexity index is 931. The van der Waals surface area contributed by atoms with Crippen LogP contribution in [0.25, 0.3) is 0 Å². The van der Waals surface area contributed by atoms with Crippen molar-refractivity contribution in [2.75, 3.05) is 21.1 Å². The first-order valence-corrected chi connectivity index (χ1v) is 10.1. The van der Waals surface area contributed by atoms with Crippen molar-refractivity contribution in [3.63, 3.8) is 0 Å². The number of sulfonamides is 1. The molecule has 0 aliphatic rings.